The van der Waals surface area contributed by atoms with E-state index in [4.69, 9.17) is 27.9 Å². The molecule has 40 heavy (non-hydrogen) atoms. The third-order valence-corrected chi connectivity index (χ3v) is 8.65. The van der Waals surface area contributed by atoms with Gasteiger partial charge in [0.25, 0.3) is 10.0 Å². The minimum Gasteiger partial charge on any atom is -0.497 e. The number of sulfonamides is 1. The van der Waals surface area contributed by atoms with Gasteiger partial charge < -0.3 is 15.0 Å². The van der Waals surface area contributed by atoms with E-state index < -0.39 is 28.5 Å². The van der Waals surface area contributed by atoms with Crippen molar-refractivity contribution in [2.75, 3.05) is 18.0 Å². The molecule has 0 bridgehead atoms. The van der Waals surface area contributed by atoms with Gasteiger partial charge in [-0.25, -0.2) is 8.42 Å². The van der Waals surface area contributed by atoms with E-state index in [1.165, 1.54) is 36.3 Å². The number of ether oxygens (including phenoxy) is 1. The van der Waals surface area contributed by atoms with Crippen molar-refractivity contribution >= 4 is 50.7 Å². The number of hydrogen-bond donors (Lipinski definition) is 1. The summed E-state index contributed by atoms with van der Waals surface area (Å²) in [4.78, 5) is 28.6. The summed E-state index contributed by atoms with van der Waals surface area (Å²) in [7, 11) is -2.69. The molecule has 0 aliphatic rings. The molecular formula is C29H33Cl2N3O5S. The first-order chi connectivity index (χ1) is 19.0. The van der Waals surface area contributed by atoms with Gasteiger partial charge in [-0.05, 0) is 74.4 Å². The Kier molecular flexibility index (Phi) is 10.8. The summed E-state index contributed by atoms with van der Waals surface area (Å²) >= 11 is 12.3. The van der Waals surface area contributed by atoms with Crippen LogP contribution in [-0.4, -0.2) is 50.9 Å². The van der Waals surface area contributed by atoms with Crippen LogP contribution in [0, 0.1) is 0 Å². The van der Waals surface area contributed by atoms with Crippen molar-refractivity contribution in [1.29, 1.82) is 0 Å². The highest BCUT2D eigenvalue weighted by Crippen LogP contribution is 2.27. The fraction of sp³-hybridized carbons (Fsp3) is 0.310. The highest BCUT2D eigenvalue weighted by molar-refractivity contribution is 7.92. The number of rotatable bonds is 12. The number of anilines is 1. The monoisotopic (exact) mass is 605 g/mol. The van der Waals surface area contributed by atoms with Crippen molar-refractivity contribution in [3.63, 3.8) is 0 Å². The number of methoxy groups -OCH3 is 1. The summed E-state index contributed by atoms with van der Waals surface area (Å²) in [6, 6.07) is 18.2. The maximum atomic E-state index is 14.0. The van der Waals surface area contributed by atoms with Gasteiger partial charge in [0.2, 0.25) is 11.8 Å². The first-order valence-corrected chi connectivity index (χ1v) is 14.9. The summed E-state index contributed by atoms with van der Waals surface area (Å²) in [5.41, 5.74) is 0.948. The Labute approximate surface area is 245 Å². The van der Waals surface area contributed by atoms with E-state index in [1.807, 2.05) is 13.8 Å². The van der Waals surface area contributed by atoms with Crippen LogP contribution >= 0.6 is 23.2 Å². The van der Waals surface area contributed by atoms with E-state index in [1.54, 1.807) is 55.5 Å². The lowest BCUT2D eigenvalue weighted by Crippen LogP contribution is -2.53. The molecule has 0 fully saturated rings. The van der Waals surface area contributed by atoms with Gasteiger partial charge in [0.15, 0.2) is 0 Å². The Morgan fingerprint density at radius 3 is 2.15 bits per heavy atom. The average molecular weight is 607 g/mol. The minimum atomic E-state index is -4.17. The normalized spacial score (nSPS) is 12.1. The molecule has 0 saturated heterocycles. The quantitative estimate of drug-likeness (QED) is 0.293. The molecule has 0 aliphatic heterocycles. The van der Waals surface area contributed by atoms with Crippen molar-refractivity contribution in [1.82, 2.24) is 10.2 Å². The Morgan fingerprint density at radius 2 is 1.60 bits per heavy atom. The second-order valence-electron chi connectivity index (χ2n) is 9.38. The standard InChI is InChI=1S/C29H33Cl2N3O5S/c1-5-27(29(36)32-20(2)3)33(18-21-11-16-25(30)26(31)17-21)28(35)19-34(22-9-7-6-8-10-22)40(37,38)24-14-12-23(39-4)13-15-24/h6-17,20,27H,5,18-19H2,1-4H3,(H,32,36)/t27-/m0/s1. The largest absolute Gasteiger partial charge is 0.497 e. The molecule has 0 radical (unpaired) electrons. The molecule has 0 unspecified atom stereocenters. The van der Waals surface area contributed by atoms with Crippen LogP contribution in [0.5, 0.6) is 5.75 Å². The van der Waals surface area contributed by atoms with Crippen LogP contribution in [0.2, 0.25) is 10.0 Å². The molecule has 2 amide bonds. The zero-order chi connectivity index (χ0) is 29.4. The molecule has 3 aromatic rings. The molecule has 0 aromatic heterocycles. The van der Waals surface area contributed by atoms with Crippen LogP contribution in [-0.2, 0) is 26.2 Å². The summed E-state index contributed by atoms with van der Waals surface area (Å²) < 4.78 is 33.9. The zero-order valence-electron chi connectivity index (χ0n) is 22.8. The van der Waals surface area contributed by atoms with Crippen molar-refractivity contribution < 1.29 is 22.7 Å². The van der Waals surface area contributed by atoms with Crippen LogP contribution < -0.4 is 14.4 Å². The molecular weight excluding hydrogens is 573 g/mol. The Hall–Kier alpha value is -3.27. The molecule has 214 valence electrons. The van der Waals surface area contributed by atoms with Gasteiger partial charge in [0.1, 0.15) is 18.3 Å². The molecule has 1 atom stereocenters. The molecule has 0 heterocycles. The third-order valence-electron chi connectivity index (χ3n) is 6.12. The van der Waals surface area contributed by atoms with E-state index in [9.17, 15) is 18.0 Å². The predicted molar refractivity (Wildman–Crippen MR) is 158 cm³/mol. The Balaban J connectivity index is 2.05. The van der Waals surface area contributed by atoms with Gasteiger partial charge in [-0.3, -0.25) is 13.9 Å². The van der Waals surface area contributed by atoms with E-state index in [0.717, 1.165) is 4.31 Å². The summed E-state index contributed by atoms with van der Waals surface area (Å²) in [6.07, 6.45) is 0.308. The molecule has 0 spiro atoms. The highest BCUT2D eigenvalue weighted by Gasteiger charge is 2.34. The van der Waals surface area contributed by atoms with Crippen LogP contribution in [0.3, 0.4) is 0 Å². The molecule has 1 N–H and O–H groups in total. The van der Waals surface area contributed by atoms with E-state index in [2.05, 4.69) is 5.32 Å². The number of carbonyl (C=O) groups is 2. The lowest BCUT2D eigenvalue weighted by Gasteiger charge is -2.33. The molecule has 3 aromatic carbocycles. The SMILES string of the molecule is CC[C@@H](C(=O)NC(C)C)N(Cc1ccc(Cl)c(Cl)c1)C(=O)CN(c1ccccc1)S(=O)(=O)c1ccc(OC)cc1. The minimum absolute atomic E-state index is 0.00872. The van der Waals surface area contributed by atoms with Gasteiger partial charge in [-0.2, -0.15) is 0 Å². The van der Waals surface area contributed by atoms with Gasteiger partial charge in [0.05, 0.1) is 27.7 Å². The number of nitrogens with zero attached hydrogens (tertiary/aromatic N) is 2. The average Bonchev–Trinajstić information content (AvgIpc) is 2.93. The fourth-order valence-electron chi connectivity index (χ4n) is 4.13. The van der Waals surface area contributed by atoms with Crippen molar-refractivity contribution in [2.45, 2.75) is 50.7 Å². The fourth-order valence-corrected chi connectivity index (χ4v) is 5.87. The van der Waals surface area contributed by atoms with Gasteiger partial charge in [-0.1, -0.05) is 54.4 Å². The maximum absolute atomic E-state index is 14.0. The molecule has 3 rings (SSSR count). The topological polar surface area (TPSA) is 96.0 Å². The Morgan fingerprint density at radius 1 is 0.950 bits per heavy atom. The van der Waals surface area contributed by atoms with Gasteiger partial charge in [-0.15, -0.1) is 0 Å². The third kappa shape index (κ3) is 7.68. The highest BCUT2D eigenvalue weighted by atomic mass is 35.5. The van der Waals surface area contributed by atoms with Crippen LogP contribution in [0.1, 0.15) is 32.8 Å². The van der Waals surface area contributed by atoms with E-state index in [-0.39, 0.29) is 23.4 Å². The van der Waals surface area contributed by atoms with Gasteiger partial charge >= 0.3 is 0 Å². The van der Waals surface area contributed by atoms with Crippen LogP contribution in [0.25, 0.3) is 0 Å². The number of halogens is 2. The lowest BCUT2D eigenvalue weighted by atomic mass is 10.1. The lowest BCUT2D eigenvalue weighted by molar-refractivity contribution is -0.140. The van der Waals surface area contributed by atoms with Crippen LogP contribution in [0.15, 0.2) is 77.7 Å². The first-order valence-electron chi connectivity index (χ1n) is 12.7. The van der Waals surface area contributed by atoms with Crippen molar-refractivity contribution in [3.8, 4) is 5.75 Å². The van der Waals surface area contributed by atoms with Crippen molar-refractivity contribution in [3.05, 3.63) is 88.4 Å². The van der Waals surface area contributed by atoms with Crippen LogP contribution in [0.4, 0.5) is 5.69 Å². The molecule has 0 saturated carbocycles. The van der Waals surface area contributed by atoms with E-state index in [0.29, 0.717) is 33.5 Å². The zero-order valence-corrected chi connectivity index (χ0v) is 25.1. The maximum Gasteiger partial charge on any atom is 0.264 e. The number of nitrogens with one attached hydrogen (secondary N) is 1. The summed E-state index contributed by atoms with van der Waals surface area (Å²) in [6.45, 7) is 4.93. The number of carbonyl (C=O) groups excluding carboxylic acids is 2. The molecule has 8 nitrogen and oxygen atoms in total. The van der Waals surface area contributed by atoms with E-state index >= 15 is 0 Å². The first kappa shape index (κ1) is 31.3. The molecule has 11 heteroatoms. The van der Waals surface area contributed by atoms with Gasteiger partial charge in [0, 0.05) is 12.6 Å². The predicted octanol–water partition coefficient (Wildman–Crippen LogP) is 5.53. The Bertz CT molecular complexity index is 1420. The number of amides is 2. The smallest absolute Gasteiger partial charge is 0.264 e. The number of para-hydroxylation sites is 1. The second-order valence-corrected chi connectivity index (χ2v) is 12.1. The number of hydrogen-bond acceptors (Lipinski definition) is 5. The van der Waals surface area contributed by atoms with Crippen molar-refractivity contribution in [2.24, 2.45) is 0 Å². The summed E-state index contributed by atoms with van der Waals surface area (Å²) in [5, 5.41) is 3.52. The summed E-state index contributed by atoms with van der Waals surface area (Å²) in [5.74, 6) is -0.399. The molecule has 0 aliphatic carbocycles. The number of benzene rings is 3. The second kappa shape index (κ2) is 13.9.